The van der Waals surface area contributed by atoms with E-state index in [9.17, 15) is 4.79 Å². The molecule has 1 heterocycles. The fourth-order valence-electron chi connectivity index (χ4n) is 2.20. The van der Waals surface area contributed by atoms with Gasteiger partial charge in [0.25, 0.3) is 0 Å². The van der Waals surface area contributed by atoms with Crippen molar-refractivity contribution in [2.75, 3.05) is 26.2 Å². The molecular weight excluding hydrogens is 297 g/mol. The van der Waals surface area contributed by atoms with Crippen LogP contribution in [0.3, 0.4) is 0 Å². The molecule has 0 radical (unpaired) electrons. The lowest BCUT2D eigenvalue weighted by Crippen LogP contribution is -2.49. The van der Waals surface area contributed by atoms with Gasteiger partial charge in [-0.05, 0) is 44.3 Å². The number of nitrogens with one attached hydrogen (secondary N) is 1. The quantitative estimate of drug-likeness (QED) is 0.761. The topological polar surface area (TPSA) is 58.4 Å². The molecule has 1 rings (SSSR count). The van der Waals surface area contributed by atoms with E-state index in [0.29, 0.717) is 0 Å². The fraction of sp³-hybridized carbons (Fsp3) is 0.929. The summed E-state index contributed by atoms with van der Waals surface area (Å²) in [6, 6.07) is -0.424. The average molecular weight is 328 g/mol. The second kappa shape index (κ2) is 10.7. The molecule has 0 unspecified atom stereocenters. The Labute approximate surface area is 136 Å². The van der Waals surface area contributed by atoms with E-state index in [2.05, 4.69) is 10.2 Å². The molecule has 0 bridgehead atoms. The van der Waals surface area contributed by atoms with Crippen LogP contribution >= 0.6 is 24.8 Å². The van der Waals surface area contributed by atoms with Gasteiger partial charge in [-0.15, -0.1) is 24.8 Å². The summed E-state index contributed by atoms with van der Waals surface area (Å²) >= 11 is 0. The number of carbonyl (C=O) groups excluding carboxylic acids is 1. The summed E-state index contributed by atoms with van der Waals surface area (Å²) in [5.41, 5.74) is 5.73. The van der Waals surface area contributed by atoms with Crippen LogP contribution in [0.1, 0.15) is 46.5 Å². The number of carbonyl (C=O) groups is 1. The summed E-state index contributed by atoms with van der Waals surface area (Å²) in [7, 11) is 0. The predicted octanol–water partition coefficient (Wildman–Crippen LogP) is 2.20. The second-order valence-electron chi connectivity index (χ2n) is 6.39. The number of hydrogen-bond donors (Lipinski definition) is 2. The third kappa shape index (κ3) is 8.30. The first-order chi connectivity index (χ1) is 8.41. The minimum Gasteiger partial charge on any atom is -0.355 e. The van der Waals surface area contributed by atoms with Gasteiger partial charge >= 0.3 is 0 Å². The Kier molecular flexibility index (Phi) is 11.9. The number of nitrogens with zero attached hydrogens (tertiary/aromatic N) is 1. The van der Waals surface area contributed by atoms with Gasteiger partial charge in [0.2, 0.25) is 5.91 Å². The molecule has 1 aliphatic rings. The van der Waals surface area contributed by atoms with E-state index in [1.807, 2.05) is 20.8 Å². The maximum absolute atomic E-state index is 11.8. The minimum absolute atomic E-state index is 0. The Hall–Kier alpha value is -0.0300. The fourth-order valence-corrected chi connectivity index (χ4v) is 2.20. The average Bonchev–Trinajstić information content (AvgIpc) is 2.33. The van der Waals surface area contributed by atoms with Crippen LogP contribution < -0.4 is 11.1 Å². The van der Waals surface area contributed by atoms with E-state index >= 15 is 0 Å². The number of halogens is 2. The molecule has 0 spiro atoms. The lowest BCUT2D eigenvalue weighted by molar-refractivity contribution is -0.124. The van der Waals surface area contributed by atoms with E-state index in [4.69, 9.17) is 5.73 Å². The largest absolute Gasteiger partial charge is 0.355 e. The van der Waals surface area contributed by atoms with Crippen LogP contribution in [0.2, 0.25) is 0 Å². The third-order valence-corrected chi connectivity index (χ3v) is 3.61. The molecule has 20 heavy (non-hydrogen) atoms. The third-order valence-electron chi connectivity index (χ3n) is 3.61. The Balaban J connectivity index is 0. The van der Waals surface area contributed by atoms with Crippen LogP contribution in [-0.4, -0.2) is 43.0 Å². The molecule has 1 atom stereocenters. The number of nitrogens with two attached hydrogens (primary N) is 1. The first kappa shape index (κ1) is 22.3. The first-order valence-electron chi connectivity index (χ1n) is 7.17. The van der Waals surface area contributed by atoms with Crippen molar-refractivity contribution in [1.29, 1.82) is 0 Å². The standard InChI is InChI=1S/C14H29N3O.2ClH/c1-14(2,3)12(15)13(18)16-8-7-11-17-9-5-4-6-10-17;;/h12H,4-11,15H2,1-3H3,(H,16,18);2*1H/t12-;;/m1../s1. The monoisotopic (exact) mass is 327 g/mol. The first-order valence-corrected chi connectivity index (χ1v) is 7.17. The van der Waals surface area contributed by atoms with E-state index in [1.54, 1.807) is 0 Å². The van der Waals surface area contributed by atoms with Crippen molar-refractivity contribution in [1.82, 2.24) is 10.2 Å². The summed E-state index contributed by atoms with van der Waals surface area (Å²) in [5, 5.41) is 2.94. The van der Waals surface area contributed by atoms with Gasteiger partial charge in [-0.25, -0.2) is 0 Å². The molecule has 0 aromatic carbocycles. The minimum atomic E-state index is -0.424. The molecule has 1 aliphatic heterocycles. The zero-order valence-corrected chi connectivity index (χ0v) is 14.6. The Morgan fingerprint density at radius 1 is 1.20 bits per heavy atom. The van der Waals surface area contributed by atoms with Gasteiger partial charge in [-0.3, -0.25) is 4.79 Å². The molecule has 1 saturated heterocycles. The Morgan fingerprint density at radius 2 is 1.75 bits per heavy atom. The van der Waals surface area contributed by atoms with Crippen molar-refractivity contribution in [2.24, 2.45) is 11.1 Å². The van der Waals surface area contributed by atoms with Crippen molar-refractivity contribution in [2.45, 2.75) is 52.5 Å². The number of likely N-dealkylation sites (tertiary alicyclic amines) is 1. The predicted molar refractivity (Wildman–Crippen MR) is 89.8 cm³/mol. The number of hydrogen-bond acceptors (Lipinski definition) is 3. The summed E-state index contributed by atoms with van der Waals surface area (Å²) in [4.78, 5) is 14.3. The molecule has 3 N–H and O–H groups in total. The molecule has 4 nitrogen and oxygen atoms in total. The van der Waals surface area contributed by atoms with Crippen molar-refractivity contribution in [3.63, 3.8) is 0 Å². The normalized spacial score (nSPS) is 17.6. The summed E-state index contributed by atoms with van der Waals surface area (Å²) in [6.07, 6.45) is 5.03. The van der Waals surface area contributed by atoms with Crippen molar-refractivity contribution >= 4 is 30.7 Å². The highest BCUT2D eigenvalue weighted by atomic mass is 35.5. The maximum atomic E-state index is 11.8. The van der Waals surface area contributed by atoms with Gasteiger partial charge in [0.1, 0.15) is 0 Å². The smallest absolute Gasteiger partial charge is 0.237 e. The number of amides is 1. The summed E-state index contributed by atoms with van der Waals surface area (Å²) in [5.74, 6) is -0.0267. The number of rotatable bonds is 5. The zero-order chi connectivity index (χ0) is 13.6. The van der Waals surface area contributed by atoms with Gasteiger partial charge in [0, 0.05) is 6.54 Å². The molecule has 0 saturated carbocycles. The highest BCUT2D eigenvalue weighted by Gasteiger charge is 2.26. The van der Waals surface area contributed by atoms with E-state index in [0.717, 1.165) is 19.5 Å². The lowest BCUT2D eigenvalue weighted by atomic mass is 9.87. The van der Waals surface area contributed by atoms with Gasteiger partial charge in [0.15, 0.2) is 0 Å². The van der Waals surface area contributed by atoms with E-state index < -0.39 is 6.04 Å². The van der Waals surface area contributed by atoms with Gasteiger partial charge in [-0.2, -0.15) is 0 Å². The van der Waals surface area contributed by atoms with Crippen LogP contribution in [0.4, 0.5) is 0 Å². The Bertz CT molecular complexity index is 264. The highest BCUT2D eigenvalue weighted by Crippen LogP contribution is 2.17. The molecule has 1 fully saturated rings. The van der Waals surface area contributed by atoms with Crippen molar-refractivity contribution in [3.05, 3.63) is 0 Å². The summed E-state index contributed by atoms with van der Waals surface area (Å²) < 4.78 is 0. The van der Waals surface area contributed by atoms with E-state index in [-0.39, 0.29) is 36.1 Å². The van der Waals surface area contributed by atoms with Crippen molar-refractivity contribution in [3.8, 4) is 0 Å². The van der Waals surface area contributed by atoms with E-state index in [1.165, 1.54) is 32.4 Å². The molecular formula is C14H31Cl2N3O. The second-order valence-corrected chi connectivity index (χ2v) is 6.39. The SMILES string of the molecule is CC(C)(C)[C@H](N)C(=O)NCCCN1CCCCC1.Cl.Cl. The Morgan fingerprint density at radius 3 is 2.25 bits per heavy atom. The van der Waals surface area contributed by atoms with Crippen molar-refractivity contribution < 1.29 is 4.79 Å². The van der Waals surface area contributed by atoms with Gasteiger partial charge in [-0.1, -0.05) is 27.2 Å². The molecule has 0 aromatic heterocycles. The van der Waals surface area contributed by atoms with Crippen LogP contribution in [0.5, 0.6) is 0 Å². The van der Waals surface area contributed by atoms with Crippen LogP contribution in [0, 0.1) is 5.41 Å². The lowest BCUT2D eigenvalue weighted by Gasteiger charge is -2.27. The molecule has 0 aliphatic carbocycles. The van der Waals surface area contributed by atoms with Crippen LogP contribution in [0.15, 0.2) is 0 Å². The molecule has 1 amide bonds. The van der Waals surface area contributed by atoms with Gasteiger partial charge in [0.05, 0.1) is 6.04 Å². The van der Waals surface area contributed by atoms with Crippen LogP contribution in [-0.2, 0) is 4.79 Å². The highest BCUT2D eigenvalue weighted by molar-refractivity contribution is 5.85. The van der Waals surface area contributed by atoms with Crippen LogP contribution in [0.25, 0.3) is 0 Å². The molecule has 0 aromatic rings. The zero-order valence-electron chi connectivity index (χ0n) is 13.0. The molecule has 122 valence electrons. The molecule has 6 heteroatoms. The maximum Gasteiger partial charge on any atom is 0.237 e. The van der Waals surface area contributed by atoms with Gasteiger partial charge < -0.3 is 16.0 Å². The number of piperidine rings is 1. The summed E-state index contributed by atoms with van der Waals surface area (Å²) in [6.45, 7) is 10.2.